The van der Waals surface area contributed by atoms with Crippen molar-refractivity contribution in [3.8, 4) is 5.75 Å². The van der Waals surface area contributed by atoms with E-state index in [2.05, 4.69) is 28.8 Å². The average Bonchev–Trinajstić information content (AvgIpc) is 3.06. The maximum absolute atomic E-state index is 12.6. The van der Waals surface area contributed by atoms with E-state index in [0.29, 0.717) is 12.4 Å². The van der Waals surface area contributed by atoms with E-state index >= 15 is 0 Å². The number of hydrogen-bond donors (Lipinski definition) is 5. The zero-order valence-corrected chi connectivity index (χ0v) is 30.8. The molecule has 31 heteroatoms. The van der Waals surface area contributed by atoms with Gasteiger partial charge >= 0.3 is 139 Å². The molecule has 0 bridgehead atoms. The van der Waals surface area contributed by atoms with Gasteiger partial charge in [0.05, 0.1) is 51.3 Å². The zero-order chi connectivity index (χ0) is 40.3. The molecule has 0 aliphatic heterocycles. The SMILES string of the molecule is Nc1c(N=Nc2ccc(S(=O)(=O)CCOS(=O)(=O)O)cc2S(=O)(=O)O)cc(C=O)c2ccc(N=Nc3ccc(S(=O)(=O)CCOS(=O)(=O)O)cc3)c(O)c12.[NaH].[NaH].[NaH].[NaH]. The standard InChI is InChI=1S/C27H25N5O17S5.4Na.4H/c28-26-23(32-30-21-7-5-19(14-24(21)52(39,40)41)51(37,38)12-10-49-54(45,46)47)13-16(15-33)20-6-8-22(27(34)25(20)26)31-29-17-1-3-18(4-2-17)50(35,36)11-9-48-53(42,43)44;;;;;;;;/h1-8,13-15,34H,9-12,28H2,(H,39,40,41)(H,42,43,44)(H,45,46,47);;;;;;;;. The van der Waals surface area contributed by atoms with Gasteiger partial charge in [-0.25, -0.2) is 25.2 Å². The summed E-state index contributed by atoms with van der Waals surface area (Å²) in [5.74, 6) is -2.41. The molecule has 4 rings (SSSR count). The number of anilines is 1. The third-order valence-corrected chi connectivity index (χ3v) is 12.1. The summed E-state index contributed by atoms with van der Waals surface area (Å²) in [6, 6.07) is 10.7. The molecule has 6 N–H and O–H groups in total. The van der Waals surface area contributed by atoms with Crippen molar-refractivity contribution in [3.05, 3.63) is 66.2 Å². The second-order valence-electron chi connectivity index (χ2n) is 10.5. The molecule has 0 saturated carbocycles. The summed E-state index contributed by atoms with van der Waals surface area (Å²) in [5, 5.41) is 26.5. The van der Waals surface area contributed by atoms with Crippen LogP contribution in [-0.4, -0.2) is 210 Å². The number of benzene rings is 4. The molecule has 0 spiro atoms. The van der Waals surface area contributed by atoms with Crippen LogP contribution in [-0.2, 0) is 59.0 Å². The fraction of sp³-hybridized carbons (Fsp3) is 0.148. The molecule has 58 heavy (non-hydrogen) atoms. The average molecular weight is 948 g/mol. The van der Waals surface area contributed by atoms with E-state index in [0.717, 1.165) is 30.3 Å². The molecule has 0 saturated heterocycles. The van der Waals surface area contributed by atoms with Crippen LogP contribution in [0.2, 0.25) is 0 Å². The number of nitrogens with two attached hydrogens (primary N) is 1. The molecule has 298 valence electrons. The molecule has 0 aromatic heterocycles. The summed E-state index contributed by atoms with van der Waals surface area (Å²) in [6.45, 7) is -1.86. The molecule has 0 fully saturated rings. The third-order valence-electron chi connectivity index (χ3n) is 6.90. The van der Waals surface area contributed by atoms with Crippen molar-refractivity contribution in [1.82, 2.24) is 0 Å². The molecule has 0 amide bonds. The van der Waals surface area contributed by atoms with Crippen LogP contribution in [0, 0.1) is 0 Å². The van der Waals surface area contributed by atoms with Crippen LogP contribution >= 0.6 is 0 Å². The van der Waals surface area contributed by atoms with E-state index in [1.807, 2.05) is 0 Å². The Morgan fingerprint density at radius 1 is 0.603 bits per heavy atom. The second kappa shape index (κ2) is 23.0. The number of phenolic OH excluding ortho intramolecular Hbond substituents is 1. The summed E-state index contributed by atoms with van der Waals surface area (Å²) >= 11 is 0. The quantitative estimate of drug-likeness (QED) is 0.0338. The van der Waals surface area contributed by atoms with E-state index in [9.17, 15) is 56.5 Å². The van der Waals surface area contributed by atoms with E-state index in [-0.39, 0.29) is 162 Å². The molecule has 4 aromatic carbocycles. The Kier molecular flexibility index (Phi) is 22.7. The van der Waals surface area contributed by atoms with Crippen LogP contribution in [0.15, 0.2) is 95.8 Å². The van der Waals surface area contributed by atoms with Gasteiger partial charge in [-0.05, 0) is 60.0 Å². The van der Waals surface area contributed by atoms with E-state index in [1.165, 1.54) is 24.3 Å². The number of nitrogens with zero attached hydrogens (tertiary/aromatic N) is 4. The Balaban J connectivity index is 0.00000812. The Hall–Kier alpha value is -0.840. The summed E-state index contributed by atoms with van der Waals surface area (Å²) in [6.07, 6.45) is 0.376. The van der Waals surface area contributed by atoms with Crippen molar-refractivity contribution in [3.63, 3.8) is 0 Å². The number of rotatable bonds is 16. The summed E-state index contributed by atoms with van der Waals surface area (Å²) in [5.41, 5.74) is 4.81. The zero-order valence-electron chi connectivity index (χ0n) is 26.7. The normalized spacial score (nSPS) is 12.3. The number of fused-ring (bicyclic) bond motifs is 1. The number of hydrogen-bond acceptors (Lipinski definition) is 19. The first-order valence-electron chi connectivity index (χ1n) is 14.2. The molecule has 4 aromatic rings. The monoisotopic (exact) mass is 947 g/mol. The molecule has 0 aliphatic carbocycles. The molecule has 0 radical (unpaired) electrons. The van der Waals surface area contributed by atoms with Crippen LogP contribution in [0.1, 0.15) is 10.4 Å². The van der Waals surface area contributed by atoms with Crippen LogP contribution < -0.4 is 5.73 Å². The maximum atomic E-state index is 12.6. The number of aldehydes is 1. The van der Waals surface area contributed by atoms with Gasteiger partial charge in [0.25, 0.3) is 10.1 Å². The van der Waals surface area contributed by atoms with Crippen molar-refractivity contribution in [1.29, 1.82) is 0 Å². The van der Waals surface area contributed by atoms with Gasteiger partial charge in [0.2, 0.25) is 0 Å². The predicted octanol–water partition coefficient (Wildman–Crippen LogP) is 0.610. The number of nitrogen functional groups attached to an aromatic ring is 1. The van der Waals surface area contributed by atoms with Gasteiger partial charge in [-0.2, -0.15) is 30.4 Å². The van der Waals surface area contributed by atoms with Gasteiger partial charge in [0.1, 0.15) is 22.0 Å². The number of phenols is 1. The van der Waals surface area contributed by atoms with Crippen molar-refractivity contribution >= 4 is 214 Å². The van der Waals surface area contributed by atoms with Crippen molar-refractivity contribution in [2.24, 2.45) is 20.5 Å². The first-order chi connectivity index (χ1) is 24.9. The van der Waals surface area contributed by atoms with Gasteiger partial charge in [-0.1, -0.05) is 6.07 Å². The van der Waals surface area contributed by atoms with E-state index < -0.39 is 96.5 Å². The fourth-order valence-electron chi connectivity index (χ4n) is 4.44. The van der Waals surface area contributed by atoms with Crippen molar-refractivity contribution in [2.45, 2.75) is 14.7 Å². The van der Waals surface area contributed by atoms with Crippen LogP contribution in [0.4, 0.5) is 28.4 Å². The first-order valence-corrected chi connectivity index (χ1v) is 21.7. The van der Waals surface area contributed by atoms with Gasteiger partial charge in [-0.15, -0.1) is 15.3 Å². The molecule has 0 aliphatic rings. The summed E-state index contributed by atoms with van der Waals surface area (Å²) in [4.78, 5) is 9.96. The third kappa shape index (κ3) is 15.8. The Bertz CT molecular complexity index is 2780. The molecule has 22 nitrogen and oxygen atoms in total. The van der Waals surface area contributed by atoms with Crippen LogP contribution in [0.5, 0.6) is 5.75 Å². The van der Waals surface area contributed by atoms with Crippen molar-refractivity contribution in [2.75, 3.05) is 30.5 Å². The molecule has 0 heterocycles. The first kappa shape index (κ1) is 57.2. The van der Waals surface area contributed by atoms with Gasteiger partial charge in [0, 0.05) is 5.56 Å². The van der Waals surface area contributed by atoms with E-state index in [4.69, 9.17) is 14.8 Å². The summed E-state index contributed by atoms with van der Waals surface area (Å²) in [7, 11) is -23.5. The minimum absolute atomic E-state index is 0. The Morgan fingerprint density at radius 2 is 1.07 bits per heavy atom. The van der Waals surface area contributed by atoms with Gasteiger partial charge < -0.3 is 10.8 Å². The van der Waals surface area contributed by atoms with Crippen molar-refractivity contribution < 1.29 is 74.0 Å². The fourth-order valence-corrected chi connectivity index (χ4v) is 8.16. The summed E-state index contributed by atoms with van der Waals surface area (Å²) < 4.78 is 152. The van der Waals surface area contributed by atoms with Crippen LogP contribution in [0.3, 0.4) is 0 Å². The Morgan fingerprint density at radius 3 is 1.57 bits per heavy atom. The van der Waals surface area contributed by atoms with Gasteiger partial charge in [-0.3, -0.25) is 18.5 Å². The number of sulfone groups is 2. The predicted molar refractivity (Wildman–Crippen MR) is 214 cm³/mol. The molecular weight excluding hydrogens is 919 g/mol. The van der Waals surface area contributed by atoms with E-state index in [1.54, 1.807) is 0 Å². The Labute approximate surface area is 420 Å². The van der Waals surface area contributed by atoms with Gasteiger partial charge in [0.15, 0.2) is 31.7 Å². The number of azo groups is 2. The minimum atomic E-state index is -5.18. The van der Waals surface area contributed by atoms with Crippen LogP contribution in [0.25, 0.3) is 10.8 Å². The number of carbonyl (C=O) groups is 1. The second-order valence-corrected chi connectivity index (χ2v) is 18.3. The molecule has 0 atom stereocenters. The molecule has 0 unspecified atom stereocenters. The number of carbonyl (C=O) groups excluding carboxylic acids is 1. The molecular formula is C27H29N5Na4O17S5. The number of aromatic hydroxyl groups is 1. The topological polar surface area (TPSA) is 363 Å².